The van der Waals surface area contributed by atoms with Gasteiger partial charge in [-0.05, 0) is 30.2 Å². The van der Waals surface area contributed by atoms with Crippen LogP contribution in [0, 0.1) is 0 Å². The predicted octanol–water partition coefficient (Wildman–Crippen LogP) is 2.88. The van der Waals surface area contributed by atoms with Crippen molar-refractivity contribution in [1.29, 1.82) is 0 Å². The van der Waals surface area contributed by atoms with Crippen molar-refractivity contribution in [3.63, 3.8) is 0 Å². The van der Waals surface area contributed by atoms with E-state index in [4.69, 9.17) is 4.74 Å². The van der Waals surface area contributed by atoms with E-state index in [1.807, 2.05) is 60.0 Å². The average molecular weight is 323 g/mol. The number of benzene rings is 1. The first-order valence-electron chi connectivity index (χ1n) is 8.10. The van der Waals surface area contributed by atoms with Crippen LogP contribution in [0.1, 0.15) is 28.8 Å². The Morgan fingerprint density at radius 1 is 1.21 bits per heavy atom. The van der Waals surface area contributed by atoms with E-state index in [-0.39, 0.29) is 5.91 Å². The van der Waals surface area contributed by atoms with Crippen molar-refractivity contribution >= 4 is 11.4 Å². The van der Waals surface area contributed by atoms with Crippen molar-refractivity contribution in [3.8, 4) is 5.75 Å². The molecule has 2 heterocycles. The lowest BCUT2D eigenvalue weighted by Gasteiger charge is -2.08. The minimum absolute atomic E-state index is 0.145. The summed E-state index contributed by atoms with van der Waals surface area (Å²) in [6.07, 6.45) is 3.43. The molecule has 0 aliphatic heterocycles. The number of aryl methyl sites for hydroxylation is 1. The van der Waals surface area contributed by atoms with Crippen molar-refractivity contribution in [2.75, 3.05) is 13.7 Å². The molecule has 5 heteroatoms. The van der Waals surface area contributed by atoms with Gasteiger partial charge >= 0.3 is 0 Å². The highest BCUT2D eigenvalue weighted by molar-refractivity contribution is 5.99. The normalized spacial score (nSPS) is 10.8. The molecule has 5 nitrogen and oxygen atoms in total. The van der Waals surface area contributed by atoms with Crippen molar-refractivity contribution in [3.05, 3.63) is 65.7 Å². The SMILES string of the molecule is CCc1nc(C(=O)NCCc2ccccc2OC)c2ccccn12. The molecular weight excluding hydrogens is 302 g/mol. The molecule has 24 heavy (non-hydrogen) atoms. The van der Waals surface area contributed by atoms with Gasteiger partial charge in [-0.1, -0.05) is 31.2 Å². The van der Waals surface area contributed by atoms with E-state index in [2.05, 4.69) is 10.3 Å². The molecular formula is C19H21N3O2. The van der Waals surface area contributed by atoms with Crippen LogP contribution < -0.4 is 10.1 Å². The zero-order valence-electron chi connectivity index (χ0n) is 14.0. The number of para-hydroxylation sites is 1. The molecule has 3 rings (SSSR count). The van der Waals surface area contributed by atoms with Crippen LogP contribution in [0.3, 0.4) is 0 Å². The topological polar surface area (TPSA) is 55.6 Å². The Balaban J connectivity index is 1.72. The number of rotatable bonds is 6. The molecule has 0 fully saturated rings. The van der Waals surface area contributed by atoms with Crippen molar-refractivity contribution in [2.24, 2.45) is 0 Å². The van der Waals surface area contributed by atoms with E-state index in [0.717, 1.165) is 29.1 Å². The maximum absolute atomic E-state index is 12.5. The van der Waals surface area contributed by atoms with Gasteiger partial charge in [0.15, 0.2) is 5.69 Å². The minimum Gasteiger partial charge on any atom is -0.496 e. The molecule has 0 radical (unpaired) electrons. The molecule has 0 bridgehead atoms. The van der Waals surface area contributed by atoms with Gasteiger partial charge in [0.05, 0.1) is 12.6 Å². The second-order valence-electron chi connectivity index (χ2n) is 5.50. The van der Waals surface area contributed by atoms with Gasteiger partial charge in [0.2, 0.25) is 0 Å². The highest BCUT2D eigenvalue weighted by Gasteiger charge is 2.16. The maximum Gasteiger partial charge on any atom is 0.272 e. The Bertz CT molecular complexity index is 855. The van der Waals surface area contributed by atoms with Crippen LogP contribution >= 0.6 is 0 Å². The van der Waals surface area contributed by atoms with Gasteiger partial charge < -0.3 is 14.5 Å². The third-order valence-electron chi connectivity index (χ3n) is 4.03. The molecule has 3 aromatic rings. The summed E-state index contributed by atoms with van der Waals surface area (Å²) < 4.78 is 7.30. The van der Waals surface area contributed by atoms with Gasteiger partial charge in [0.25, 0.3) is 5.91 Å². The molecule has 1 aromatic carbocycles. The van der Waals surface area contributed by atoms with Crippen molar-refractivity contribution in [2.45, 2.75) is 19.8 Å². The van der Waals surface area contributed by atoms with Gasteiger partial charge in [-0.2, -0.15) is 0 Å². The molecule has 0 saturated heterocycles. The maximum atomic E-state index is 12.5. The number of hydrogen-bond donors (Lipinski definition) is 1. The number of pyridine rings is 1. The van der Waals surface area contributed by atoms with Crippen molar-refractivity contribution in [1.82, 2.24) is 14.7 Å². The van der Waals surface area contributed by atoms with Crippen LogP contribution in [0.2, 0.25) is 0 Å². The number of nitrogens with one attached hydrogen (secondary N) is 1. The molecule has 0 spiro atoms. The van der Waals surface area contributed by atoms with Gasteiger partial charge in [0, 0.05) is 19.2 Å². The lowest BCUT2D eigenvalue weighted by Crippen LogP contribution is -2.26. The van der Waals surface area contributed by atoms with Crippen LogP contribution in [0.4, 0.5) is 0 Å². The van der Waals surface area contributed by atoms with Crippen LogP contribution in [-0.2, 0) is 12.8 Å². The largest absolute Gasteiger partial charge is 0.496 e. The van der Waals surface area contributed by atoms with Gasteiger partial charge in [-0.25, -0.2) is 4.98 Å². The van der Waals surface area contributed by atoms with Gasteiger partial charge in [0.1, 0.15) is 11.6 Å². The number of nitrogens with zero attached hydrogens (tertiary/aromatic N) is 2. The summed E-state index contributed by atoms with van der Waals surface area (Å²) in [4.78, 5) is 17.0. The average Bonchev–Trinajstić information content (AvgIpc) is 3.01. The number of hydrogen-bond acceptors (Lipinski definition) is 3. The summed E-state index contributed by atoms with van der Waals surface area (Å²) in [6, 6.07) is 13.6. The number of ether oxygens (including phenoxy) is 1. The number of aromatic nitrogens is 2. The Hall–Kier alpha value is -2.82. The Morgan fingerprint density at radius 3 is 2.79 bits per heavy atom. The third-order valence-corrected chi connectivity index (χ3v) is 4.03. The first kappa shape index (κ1) is 16.1. The number of fused-ring (bicyclic) bond motifs is 1. The zero-order chi connectivity index (χ0) is 16.9. The molecule has 0 atom stereocenters. The Morgan fingerprint density at radius 2 is 2.00 bits per heavy atom. The zero-order valence-corrected chi connectivity index (χ0v) is 14.0. The van der Waals surface area contributed by atoms with Gasteiger partial charge in [-0.15, -0.1) is 0 Å². The molecule has 124 valence electrons. The summed E-state index contributed by atoms with van der Waals surface area (Å²) in [5, 5.41) is 2.96. The fraction of sp³-hybridized carbons (Fsp3) is 0.263. The van der Waals surface area contributed by atoms with Crippen molar-refractivity contribution < 1.29 is 9.53 Å². The predicted molar refractivity (Wildman–Crippen MR) is 93.6 cm³/mol. The number of amides is 1. The van der Waals surface area contributed by atoms with Crippen LogP contribution in [0.5, 0.6) is 5.75 Å². The smallest absolute Gasteiger partial charge is 0.272 e. The number of carbonyl (C=O) groups is 1. The van der Waals surface area contributed by atoms with E-state index in [1.54, 1.807) is 7.11 Å². The van der Waals surface area contributed by atoms with Crippen LogP contribution in [-0.4, -0.2) is 28.9 Å². The second kappa shape index (κ2) is 7.17. The molecule has 0 aliphatic carbocycles. The summed E-state index contributed by atoms with van der Waals surface area (Å²) >= 11 is 0. The summed E-state index contributed by atoms with van der Waals surface area (Å²) in [5.41, 5.74) is 2.39. The Labute approximate surface area is 141 Å². The standard InChI is InChI=1S/C19H21N3O2/c1-3-17-21-18(15-9-6-7-13-22(15)17)19(23)20-12-11-14-8-4-5-10-16(14)24-2/h4-10,13H,3,11-12H2,1-2H3,(H,20,23). The molecule has 0 unspecified atom stereocenters. The minimum atomic E-state index is -0.145. The van der Waals surface area contributed by atoms with E-state index < -0.39 is 0 Å². The molecule has 1 amide bonds. The molecule has 0 saturated carbocycles. The summed E-state index contributed by atoms with van der Waals surface area (Å²) in [5.74, 6) is 1.58. The van der Waals surface area contributed by atoms with E-state index in [0.29, 0.717) is 18.7 Å². The van der Waals surface area contributed by atoms with E-state index in [9.17, 15) is 4.79 Å². The van der Waals surface area contributed by atoms with Crippen LogP contribution in [0.25, 0.3) is 5.52 Å². The van der Waals surface area contributed by atoms with E-state index >= 15 is 0 Å². The number of methoxy groups -OCH3 is 1. The van der Waals surface area contributed by atoms with E-state index in [1.165, 1.54) is 0 Å². The second-order valence-corrected chi connectivity index (χ2v) is 5.50. The third kappa shape index (κ3) is 3.11. The lowest BCUT2D eigenvalue weighted by molar-refractivity contribution is 0.0951. The summed E-state index contributed by atoms with van der Waals surface area (Å²) in [7, 11) is 1.65. The monoisotopic (exact) mass is 323 g/mol. The fourth-order valence-corrected chi connectivity index (χ4v) is 2.82. The van der Waals surface area contributed by atoms with Crippen LogP contribution in [0.15, 0.2) is 48.7 Å². The molecule has 0 aliphatic rings. The molecule has 1 N–H and O–H groups in total. The fourth-order valence-electron chi connectivity index (χ4n) is 2.82. The highest BCUT2D eigenvalue weighted by Crippen LogP contribution is 2.17. The first-order chi connectivity index (χ1) is 11.7. The quantitative estimate of drug-likeness (QED) is 0.759. The highest BCUT2D eigenvalue weighted by atomic mass is 16.5. The lowest BCUT2D eigenvalue weighted by atomic mass is 10.1. The van der Waals surface area contributed by atoms with Gasteiger partial charge in [-0.3, -0.25) is 4.79 Å². The summed E-state index contributed by atoms with van der Waals surface area (Å²) in [6.45, 7) is 2.57. The first-order valence-corrected chi connectivity index (χ1v) is 8.10. The number of carbonyl (C=O) groups excluding carboxylic acids is 1. The Kier molecular flexibility index (Phi) is 4.79. The molecule has 2 aromatic heterocycles. The number of imidazole rings is 1.